The van der Waals surface area contributed by atoms with E-state index >= 15 is 0 Å². The van der Waals surface area contributed by atoms with Gasteiger partial charge in [-0.1, -0.05) is 0 Å². The summed E-state index contributed by atoms with van der Waals surface area (Å²) in [6.07, 6.45) is 5.30. The number of anilines is 2. The first-order valence-corrected chi connectivity index (χ1v) is 10.9. The van der Waals surface area contributed by atoms with Crippen LogP contribution in [0.1, 0.15) is 24.5 Å². The topological polar surface area (TPSA) is 87.4 Å². The van der Waals surface area contributed by atoms with Crippen molar-refractivity contribution in [2.24, 2.45) is 5.92 Å². The number of pyridine rings is 1. The highest BCUT2D eigenvalue weighted by Crippen LogP contribution is 2.38. The molecule has 0 bridgehead atoms. The van der Waals surface area contributed by atoms with Crippen LogP contribution in [-0.4, -0.2) is 55.4 Å². The number of aromatic nitrogens is 3. The van der Waals surface area contributed by atoms with E-state index in [0.717, 1.165) is 78.8 Å². The first-order chi connectivity index (χ1) is 15.7. The highest BCUT2D eigenvalue weighted by Gasteiger charge is 2.34. The highest BCUT2D eigenvalue weighted by molar-refractivity contribution is 5.88. The number of hydrogen-bond acceptors (Lipinski definition) is 8. The highest BCUT2D eigenvalue weighted by atomic mass is 16.5. The van der Waals surface area contributed by atoms with E-state index < -0.39 is 0 Å². The number of rotatable bonds is 5. The number of nitrogens with zero attached hydrogens (tertiary/aromatic N) is 6. The van der Waals surface area contributed by atoms with Gasteiger partial charge in [-0.25, -0.2) is 9.97 Å². The third-order valence-corrected chi connectivity index (χ3v) is 6.46. The van der Waals surface area contributed by atoms with Gasteiger partial charge in [0.05, 0.1) is 31.5 Å². The van der Waals surface area contributed by atoms with E-state index in [2.05, 4.69) is 20.9 Å². The Morgan fingerprint density at radius 3 is 2.50 bits per heavy atom. The lowest BCUT2D eigenvalue weighted by molar-refractivity contribution is 0.411. The van der Waals surface area contributed by atoms with Crippen LogP contribution < -0.4 is 19.3 Å². The zero-order chi connectivity index (χ0) is 22.1. The molecule has 32 heavy (non-hydrogen) atoms. The first-order valence-electron chi connectivity index (χ1n) is 10.9. The molecule has 0 spiro atoms. The molecule has 3 aromatic rings. The maximum absolute atomic E-state index is 9.18. The summed E-state index contributed by atoms with van der Waals surface area (Å²) in [5, 5.41) is 10.1. The first kappa shape index (κ1) is 20.3. The molecule has 0 saturated carbocycles. The minimum atomic E-state index is 0.152. The van der Waals surface area contributed by atoms with Crippen LogP contribution in [0.3, 0.4) is 0 Å². The Bertz CT molecular complexity index is 1160. The van der Waals surface area contributed by atoms with Gasteiger partial charge in [-0.2, -0.15) is 5.26 Å². The number of methoxy groups -OCH3 is 2. The largest absolute Gasteiger partial charge is 0.497 e. The van der Waals surface area contributed by atoms with Crippen LogP contribution in [0.2, 0.25) is 0 Å². The molecule has 2 saturated heterocycles. The Labute approximate surface area is 187 Å². The maximum Gasteiger partial charge on any atom is 0.150 e. The molecule has 2 aromatic heterocycles. The summed E-state index contributed by atoms with van der Waals surface area (Å²) in [6, 6.07) is 10.2. The van der Waals surface area contributed by atoms with Gasteiger partial charge in [0.15, 0.2) is 5.82 Å². The van der Waals surface area contributed by atoms with Crippen molar-refractivity contribution in [1.82, 2.24) is 15.0 Å². The predicted molar refractivity (Wildman–Crippen MR) is 122 cm³/mol. The Kier molecular flexibility index (Phi) is 5.39. The summed E-state index contributed by atoms with van der Waals surface area (Å²) in [4.78, 5) is 18.7. The third kappa shape index (κ3) is 3.64. The second kappa shape index (κ2) is 8.50. The summed E-state index contributed by atoms with van der Waals surface area (Å²) in [5.74, 6) is 3.88. The van der Waals surface area contributed by atoms with Crippen molar-refractivity contribution in [3.63, 3.8) is 0 Å². The molecule has 0 aliphatic carbocycles. The molecule has 2 aliphatic heterocycles. The van der Waals surface area contributed by atoms with Crippen LogP contribution >= 0.6 is 0 Å². The fourth-order valence-corrected chi connectivity index (χ4v) is 4.55. The fraction of sp³-hybridized carbons (Fsp3) is 0.417. The number of nitriles is 1. The fourth-order valence-electron chi connectivity index (χ4n) is 4.55. The monoisotopic (exact) mass is 430 g/mol. The molecule has 8 heteroatoms. The average Bonchev–Trinajstić information content (AvgIpc) is 2.82. The molecule has 0 radical (unpaired) electrons. The molecule has 2 aliphatic rings. The Morgan fingerprint density at radius 1 is 1.00 bits per heavy atom. The molecule has 8 nitrogen and oxygen atoms in total. The molecule has 1 aromatic carbocycles. The van der Waals surface area contributed by atoms with Crippen LogP contribution in [0.15, 0.2) is 36.7 Å². The zero-order valence-corrected chi connectivity index (χ0v) is 18.4. The van der Waals surface area contributed by atoms with Gasteiger partial charge in [0.1, 0.15) is 17.3 Å². The van der Waals surface area contributed by atoms with Crippen LogP contribution in [-0.2, 0) is 0 Å². The van der Waals surface area contributed by atoms with Crippen molar-refractivity contribution in [2.45, 2.75) is 18.8 Å². The summed E-state index contributed by atoms with van der Waals surface area (Å²) in [5.41, 5.74) is 1.92. The van der Waals surface area contributed by atoms with E-state index in [0.29, 0.717) is 5.92 Å². The summed E-state index contributed by atoms with van der Waals surface area (Å²) in [6.45, 7) is 3.37. The standard InChI is InChI=1S/C24H26N6O2/c1-31-18-3-4-20-19(11-18)21(32-2)12-22(28-20)30-14-17(15-30)23-24(27-8-7-26-23)29-9-5-16(13-25)6-10-29/h3-4,7-8,11-12,16-17H,5-6,9-10,14-15H2,1-2H3. The van der Waals surface area contributed by atoms with Crippen molar-refractivity contribution < 1.29 is 9.47 Å². The van der Waals surface area contributed by atoms with Gasteiger partial charge in [-0.15, -0.1) is 0 Å². The lowest BCUT2D eigenvalue weighted by Crippen LogP contribution is -2.47. The van der Waals surface area contributed by atoms with Gasteiger partial charge >= 0.3 is 0 Å². The minimum absolute atomic E-state index is 0.152. The lowest BCUT2D eigenvalue weighted by Gasteiger charge is -2.41. The number of benzene rings is 1. The quantitative estimate of drug-likeness (QED) is 0.609. The second-order valence-corrected chi connectivity index (χ2v) is 8.32. The van der Waals surface area contributed by atoms with E-state index in [9.17, 15) is 5.26 Å². The van der Waals surface area contributed by atoms with E-state index in [1.54, 1.807) is 26.6 Å². The van der Waals surface area contributed by atoms with Gasteiger partial charge in [0.25, 0.3) is 0 Å². The summed E-state index contributed by atoms with van der Waals surface area (Å²) in [7, 11) is 3.33. The lowest BCUT2D eigenvalue weighted by atomic mass is 9.94. The Balaban J connectivity index is 1.35. The van der Waals surface area contributed by atoms with Crippen LogP contribution in [0.4, 0.5) is 11.6 Å². The number of ether oxygens (including phenoxy) is 2. The van der Waals surface area contributed by atoms with Crippen molar-refractivity contribution in [2.75, 3.05) is 50.2 Å². The number of hydrogen-bond donors (Lipinski definition) is 0. The van der Waals surface area contributed by atoms with Crippen molar-refractivity contribution in [3.05, 3.63) is 42.4 Å². The van der Waals surface area contributed by atoms with Crippen LogP contribution in [0.25, 0.3) is 10.9 Å². The van der Waals surface area contributed by atoms with E-state index in [1.807, 2.05) is 24.3 Å². The maximum atomic E-state index is 9.18. The summed E-state index contributed by atoms with van der Waals surface area (Å²) >= 11 is 0. The predicted octanol–water partition coefficient (Wildman–Crippen LogP) is 3.39. The Hall–Kier alpha value is -3.60. The average molecular weight is 431 g/mol. The number of piperidine rings is 1. The molecule has 5 rings (SSSR count). The molecule has 2 fully saturated rings. The molecule has 0 amide bonds. The smallest absolute Gasteiger partial charge is 0.150 e. The molecule has 0 N–H and O–H groups in total. The van der Waals surface area contributed by atoms with Gasteiger partial charge < -0.3 is 19.3 Å². The second-order valence-electron chi connectivity index (χ2n) is 8.32. The zero-order valence-electron chi connectivity index (χ0n) is 18.4. The minimum Gasteiger partial charge on any atom is -0.497 e. The third-order valence-electron chi connectivity index (χ3n) is 6.46. The molecule has 0 atom stereocenters. The van der Waals surface area contributed by atoms with E-state index in [4.69, 9.17) is 19.4 Å². The van der Waals surface area contributed by atoms with Crippen LogP contribution in [0.5, 0.6) is 11.5 Å². The molecular weight excluding hydrogens is 404 g/mol. The number of fused-ring (bicyclic) bond motifs is 1. The van der Waals surface area contributed by atoms with Gasteiger partial charge in [-0.3, -0.25) is 4.98 Å². The van der Waals surface area contributed by atoms with Gasteiger partial charge in [0, 0.05) is 61.9 Å². The SMILES string of the molecule is COc1ccc2nc(N3CC(c4nccnc4N4CCC(C#N)CC4)C3)cc(OC)c2c1. The van der Waals surface area contributed by atoms with Crippen molar-refractivity contribution >= 4 is 22.5 Å². The molecular formula is C24H26N6O2. The van der Waals surface area contributed by atoms with E-state index in [-0.39, 0.29) is 5.92 Å². The molecule has 4 heterocycles. The summed E-state index contributed by atoms with van der Waals surface area (Å²) < 4.78 is 11.0. The van der Waals surface area contributed by atoms with E-state index in [1.165, 1.54) is 0 Å². The van der Waals surface area contributed by atoms with Crippen LogP contribution in [0, 0.1) is 17.2 Å². The van der Waals surface area contributed by atoms with Gasteiger partial charge in [-0.05, 0) is 31.0 Å². The van der Waals surface area contributed by atoms with Gasteiger partial charge in [0.2, 0.25) is 0 Å². The molecule has 0 unspecified atom stereocenters. The normalized spacial score (nSPS) is 17.2. The molecule has 164 valence electrons. The van der Waals surface area contributed by atoms with Crippen molar-refractivity contribution in [1.29, 1.82) is 5.26 Å². The Morgan fingerprint density at radius 2 is 1.78 bits per heavy atom. The van der Waals surface area contributed by atoms with Crippen molar-refractivity contribution in [3.8, 4) is 17.6 Å².